The van der Waals surface area contributed by atoms with Crippen LogP contribution >= 0.6 is 24.0 Å². The third-order valence-electron chi connectivity index (χ3n) is 4.50. The summed E-state index contributed by atoms with van der Waals surface area (Å²) in [6.07, 6.45) is 3.10. The number of benzene rings is 1. The highest BCUT2D eigenvalue weighted by atomic mass is 127. The van der Waals surface area contributed by atoms with Gasteiger partial charge in [-0.2, -0.15) is 0 Å². The number of hydrogen-bond donors (Lipinski definition) is 3. The molecule has 10 heteroatoms. The van der Waals surface area contributed by atoms with Gasteiger partial charge < -0.3 is 20.9 Å². The lowest BCUT2D eigenvalue weighted by molar-refractivity contribution is -0.114. The van der Waals surface area contributed by atoms with Gasteiger partial charge in [0.1, 0.15) is 6.54 Å². The Labute approximate surface area is 186 Å². The number of halogens is 4. The highest BCUT2D eigenvalue weighted by Gasteiger charge is 2.19. The Hall–Kier alpha value is -1.56. The van der Waals surface area contributed by atoms with Crippen LogP contribution in [-0.4, -0.2) is 55.5 Å². The van der Waals surface area contributed by atoms with E-state index >= 15 is 0 Å². The second-order valence-electron chi connectivity index (χ2n) is 6.73. The van der Waals surface area contributed by atoms with E-state index in [9.17, 15) is 18.0 Å². The summed E-state index contributed by atoms with van der Waals surface area (Å²) in [6, 6.07) is 1.99. The van der Waals surface area contributed by atoms with Gasteiger partial charge in [0.05, 0.1) is 5.69 Å². The first-order valence-corrected chi connectivity index (χ1v) is 9.65. The van der Waals surface area contributed by atoms with Crippen molar-refractivity contribution in [2.45, 2.75) is 39.2 Å². The SMILES string of the molecule is CCCN1CCC(NC(=NCC(=O)Nc2ccc(F)c(F)c2F)NCC)CC1.I. The van der Waals surface area contributed by atoms with E-state index in [1.54, 1.807) is 0 Å². The van der Waals surface area contributed by atoms with Crippen molar-refractivity contribution in [1.82, 2.24) is 15.5 Å². The minimum atomic E-state index is -1.62. The molecular weight excluding hydrogens is 498 g/mol. The molecule has 3 N–H and O–H groups in total. The molecule has 0 saturated carbocycles. The number of carbonyl (C=O) groups excluding carboxylic acids is 1. The predicted molar refractivity (Wildman–Crippen MR) is 119 cm³/mol. The Bertz CT molecular complexity index is 697. The Morgan fingerprint density at radius 3 is 2.48 bits per heavy atom. The first-order chi connectivity index (χ1) is 13.4. The average Bonchev–Trinajstić information content (AvgIpc) is 2.68. The summed E-state index contributed by atoms with van der Waals surface area (Å²) in [5.74, 6) is -4.48. The molecule has 0 spiro atoms. The number of anilines is 1. The van der Waals surface area contributed by atoms with Gasteiger partial charge in [0.2, 0.25) is 5.91 Å². The molecule has 0 unspecified atom stereocenters. The molecule has 0 aromatic heterocycles. The van der Waals surface area contributed by atoms with E-state index in [2.05, 4.69) is 32.8 Å². The lowest BCUT2D eigenvalue weighted by Crippen LogP contribution is -2.49. The van der Waals surface area contributed by atoms with E-state index < -0.39 is 29.0 Å². The lowest BCUT2D eigenvalue weighted by atomic mass is 10.1. The van der Waals surface area contributed by atoms with Crippen molar-refractivity contribution < 1.29 is 18.0 Å². The maximum atomic E-state index is 13.6. The van der Waals surface area contributed by atoms with Crippen LogP contribution in [0.5, 0.6) is 0 Å². The molecule has 164 valence electrons. The Morgan fingerprint density at radius 1 is 1.17 bits per heavy atom. The number of guanidine groups is 1. The normalized spacial score (nSPS) is 15.6. The largest absolute Gasteiger partial charge is 0.357 e. The molecule has 1 aliphatic heterocycles. The third-order valence-corrected chi connectivity index (χ3v) is 4.50. The van der Waals surface area contributed by atoms with Crippen LogP contribution in [0.2, 0.25) is 0 Å². The van der Waals surface area contributed by atoms with E-state index in [1.165, 1.54) is 0 Å². The monoisotopic (exact) mass is 527 g/mol. The van der Waals surface area contributed by atoms with Gasteiger partial charge in [-0.3, -0.25) is 4.79 Å². The Morgan fingerprint density at radius 2 is 1.86 bits per heavy atom. The maximum absolute atomic E-state index is 13.6. The van der Waals surface area contributed by atoms with Gasteiger partial charge in [-0.25, -0.2) is 18.2 Å². The first kappa shape index (κ1) is 25.5. The second-order valence-corrected chi connectivity index (χ2v) is 6.73. The summed E-state index contributed by atoms with van der Waals surface area (Å²) >= 11 is 0. The Balaban J connectivity index is 0.00000420. The molecule has 2 rings (SSSR count). The van der Waals surface area contributed by atoms with E-state index in [4.69, 9.17) is 0 Å². The fraction of sp³-hybridized carbons (Fsp3) is 0.579. The van der Waals surface area contributed by atoms with Crippen LogP contribution < -0.4 is 16.0 Å². The van der Waals surface area contributed by atoms with Crippen molar-refractivity contribution in [1.29, 1.82) is 0 Å². The average molecular weight is 527 g/mol. The molecule has 1 amide bonds. The second kappa shape index (κ2) is 12.9. The topological polar surface area (TPSA) is 68.8 Å². The van der Waals surface area contributed by atoms with Crippen LogP contribution in [0.15, 0.2) is 17.1 Å². The fourth-order valence-electron chi connectivity index (χ4n) is 3.09. The minimum absolute atomic E-state index is 0. The van der Waals surface area contributed by atoms with Gasteiger partial charge in [0.15, 0.2) is 23.4 Å². The fourth-order valence-corrected chi connectivity index (χ4v) is 3.09. The van der Waals surface area contributed by atoms with Crippen molar-refractivity contribution in [3.05, 3.63) is 29.6 Å². The van der Waals surface area contributed by atoms with Crippen LogP contribution in [0, 0.1) is 17.5 Å². The van der Waals surface area contributed by atoms with Crippen molar-refractivity contribution in [3.63, 3.8) is 0 Å². The molecule has 1 aromatic carbocycles. The molecule has 1 aromatic rings. The number of amides is 1. The number of likely N-dealkylation sites (tertiary alicyclic amines) is 1. The number of nitrogens with zero attached hydrogens (tertiary/aromatic N) is 2. The van der Waals surface area contributed by atoms with Crippen molar-refractivity contribution in [3.8, 4) is 0 Å². The summed E-state index contributed by atoms with van der Waals surface area (Å²) in [4.78, 5) is 18.6. The first-order valence-electron chi connectivity index (χ1n) is 9.65. The molecule has 0 bridgehead atoms. The van der Waals surface area contributed by atoms with Gasteiger partial charge in [0.25, 0.3) is 0 Å². The van der Waals surface area contributed by atoms with E-state index in [1.807, 2.05) is 6.92 Å². The van der Waals surface area contributed by atoms with Gasteiger partial charge in [-0.05, 0) is 44.9 Å². The van der Waals surface area contributed by atoms with Gasteiger partial charge in [-0.15, -0.1) is 24.0 Å². The smallest absolute Gasteiger partial charge is 0.246 e. The minimum Gasteiger partial charge on any atom is -0.357 e. The quantitative estimate of drug-likeness (QED) is 0.221. The summed E-state index contributed by atoms with van der Waals surface area (Å²) < 4.78 is 39.8. The number of piperidine rings is 1. The molecule has 1 heterocycles. The molecule has 1 aliphatic rings. The third kappa shape index (κ3) is 8.00. The molecule has 29 heavy (non-hydrogen) atoms. The molecule has 1 fully saturated rings. The highest BCUT2D eigenvalue weighted by molar-refractivity contribution is 14.0. The molecule has 1 saturated heterocycles. The van der Waals surface area contributed by atoms with Crippen molar-refractivity contribution in [2.75, 3.05) is 38.0 Å². The highest BCUT2D eigenvalue weighted by Crippen LogP contribution is 2.19. The van der Waals surface area contributed by atoms with Gasteiger partial charge in [0, 0.05) is 25.7 Å². The van der Waals surface area contributed by atoms with Crippen LogP contribution in [0.1, 0.15) is 33.1 Å². The summed E-state index contributed by atoms with van der Waals surface area (Å²) in [5, 5.41) is 8.60. The number of carbonyl (C=O) groups is 1. The maximum Gasteiger partial charge on any atom is 0.246 e. The van der Waals surface area contributed by atoms with E-state index in [-0.39, 0.29) is 36.6 Å². The van der Waals surface area contributed by atoms with Crippen molar-refractivity contribution >= 4 is 41.5 Å². The number of aliphatic imine (C=N–C) groups is 1. The summed E-state index contributed by atoms with van der Waals surface area (Å²) in [5.41, 5.74) is -0.416. The van der Waals surface area contributed by atoms with Crippen LogP contribution in [0.3, 0.4) is 0 Å². The number of rotatable bonds is 7. The molecule has 0 radical (unpaired) electrons. The van der Waals surface area contributed by atoms with E-state index in [0.29, 0.717) is 12.5 Å². The zero-order chi connectivity index (χ0) is 20.5. The van der Waals surface area contributed by atoms with Gasteiger partial charge in [-0.1, -0.05) is 6.92 Å². The molecule has 0 atom stereocenters. The zero-order valence-electron chi connectivity index (χ0n) is 16.7. The summed E-state index contributed by atoms with van der Waals surface area (Å²) in [6.45, 7) is 7.56. The summed E-state index contributed by atoms with van der Waals surface area (Å²) in [7, 11) is 0. The molecule has 6 nitrogen and oxygen atoms in total. The number of nitrogens with one attached hydrogen (secondary N) is 3. The predicted octanol–water partition coefficient (Wildman–Crippen LogP) is 3.09. The standard InChI is InChI=1S/C19H28F3N5O.HI/c1-3-9-27-10-7-13(8-11-27)25-19(23-4-2)24-12-16(28)26-15-6-5-14(20)17(21)18(15)22;/h5-6,13H,3-4,7-12H2,1-2H3,(H,26,28)(H2,23,24,25);1H. The van der Waals surface area contributed by atoms with Crippen molar-refractivity contribution in [2.24, 2.45) is 4.99 Å². The van der Waals surface area contributed by atoms with Crippen LogP contribution in [-0.2, 0) is 4.79 Å². The number of hydrogen-bond acceptors (Lipinski definition) is 3. The molecular formula is C19H29F3IN5O. The Kier molecular flexibility index (Phi) is 11.3. The molecule has 0 aliphatic carbocycles. The van der Waals surface area contributed by atoms with Crippen LogP contribution in [0.25, 0.3) is 0 Å². The van der Waals surface area contributed by atoms with E-state index in [0.717, 1.165) is 51.0 Å². The van der Waals surface area contributed by atoms with Crippen LogP contribution in [0.4, 0.5) is 18.9 Å². The zero-order valence-corrected chi connectivity index (χ0v) is 19.1. The lowest BCUT2D eigenvalue weighted by Gasteiger charge is -2.32. The van der Waals surface area contributed by atoms with Gasteiger partial charge >= 0.3 is 0 Å².